The highest BCUT2D eigenvalue weighted by molar-refractivity contribution is 6.09. The van der Waals surface area contributed by atoms with E-state index in [1.807, 2.05) is 68.4 Å². The Morgan fingerprint density at radius 2 is 1.77 bits per heavy atom. The molecule has 2 atom stereocenters. The molecule has 3 aliphatic rings. The summed E-state index contributed by atoms with van der Waals surface area (Å²) in [5.41, 5.74) is 5.31. The third-order valence-corrected chi connectivity index (χ3v) is 7.52. The van der Waals surface area contributed by atoms with E-state index in [-0.39, 0.29) is 24.4 Å². The van der Waals surface area contributed by atoms with Gasteiger partial charge in [-0.2, -0.15) is 0 Å². The van der Waals surface area contributed by atoms with E-state index in [1.54, 1.807) is 13.2 Å². The Bertz CT molecular complexity index is 1540. The molecule has 2 aromatic carbocycles. The van der Waals surface area contributed by atoms with Crippen LogP contribution in [0.3, 0.4) is 0 Å². The van der Waals surface area contributed by atoms with Crippen molar-refractivity contribution in [3.05, 3.63) is 100 Å². The first-order valence-corrected chi connectivity index (χ1v) is 12.9. The molecule has 0 radical (unpaired) electrons. The highest BCUT2D eigenvalue weighted by Gasteiger charge is 2.41. The summed E-state index contributed by atoms with van der Waals surface area (Å²) in [6, 6.07) is 18.9. The molecule has 0 spiro atoms. The average Bonchev–Trinajstić information content (AvgIpc) is 3.40. The number of amides is 1. The van der Waals surface area contributed by atoms with Crippen molar-refractivity contribution in [2.45, 2.75) is 38.5 Å². The third kappa shape index (κ3) is 4.63. The number of ether oxygens (including phenoxy) is 3. The van der Waals surface area contributed by atoms with Gasteiger partial charge >= 0.3 is 0 Å². The van der Waals surface area contributed by atoms with Gasteiger partial charge in [0.2, 0.25) is 6.79 Å². The lowest BCUT2D eigenvalue weighted by Crippen LogP contribution is -2.37. The highest BCUT2D eigenvalue weighted by atomic mass is 16.7. The molecule has 0 bridgehead atoms. The van der Waals surface area contributed by atoms with Gasteiger partial charge in [-0.05, 0) is 73.7 Å². The number of aryl methyl sites for hydroxylation is 1. The van der Waals surface area contributed by atoms with Gasteiger partial charge in [0, 0.05) is 40.6 Å². The summed E-state index contributed by atoms with van der Waals surface area (Å²) in [6.07, 6.45) is 1.00. The molecule has 3 aromatic rings. The first kappa shape index (κ1) is 24.7. The van der Waals surface area contributed by atoms with Crippen LogP contribution >= 0.6 is 0 Å². The number of Topliss-reactive ketones (excluding diaryl/α,β-unsaturated/α-hetero) is 1. The van der Waals surface area contributed by atoms with Gasteiger partial charge in [-0.3, -0.25) is 9.59 Å². The van der Waals surface area contributed by atoms with E-state index in [0.29, 0.717) is 47.0 Å². The zero-order valence-corrected chi connectivity index (χ0v) is 22.0. The number of aromatic nitrogens is 1. The van der Waals surface area contributed by atoms with Gasteiger partial charge < -0.3 is 24.8 Å². The summed E-state index contributed by atoms with van der Waals surface area (Å²) >= 11 is 0. The van der Waals surface area contributed by atoms with Crippen molar-refractivity contribution in [1.29, 1.82) is 0 Å². The smallest absolute Gasteiger partial charge is 0.255 e. The Balaban J connectivity index is 1.40. The molecule has 0 saturated carbocycles. The van der Waals surface area contributed by atoms with Gasteiger partial charge in [0.15, 0.2) is 17.3 Å². The minimum Gasteiger partial charge on any atom is -0.497 e. The minimum absolute atomic E-state index is 0.0127. The lowest BCUT2D eigenvalue weighted by atomic mass is 9.71. The fourth-order valence-electron chi connectivity index (χ4n) is 5.67. The molecule has 198 valence electrons. The van der Waals surface area contributed by atoms with Gasteiger partial charge in [0.05, 0.1) is 7.11 Å². The van der Waals surface area contributed by atoms with Crippen LogP contribution in [-0.2, 0) is 9.59 Å². The number of benzene rings is 2. The lowest BCUT2D eigenvalue weighted by Gasteiger charge is -2.37. The quantitative estimate of drug-likeness (QED) is 0.479. The molecule has 0 fully saturated rings. The number of hydrogen-bond acceptors (Lipinski definition) is 7. The maximum Gasteiger partial charge on any atom is 0.255 e. The molecular weight excluding hydrogens is 494 g/mol. The SMILES string of the molecule is COc1ccc(C2CC(=O)C3=C(C2)NC(C)=C(C(=O)Nc2cccc(C)n2)C3c2ccc3c(c2)OCO3)cc1. The second-order valence-electron chi connectivity index (χ2n) is 10.0. The Kier molecular flexibility index (Phi) is 6.30. The first-order chi connectivity index (χ1) is 18.9. The number of hydrogen-bond donors (Lipinski definition) is 2. The van der Waals surface area contributed by atoms with Crippen LogP contribution in [0.25, 0.3) is 0 Å². The van der Waals surface area contributed by atoms with E-state index in [0.717, 1.165) is 28.3 Å². The second-order valence-corrected chi connectivity index (χ2v) is 10.0. The number of nitrogens with one attached hydrogen (secondary N) is 2. The number of fused-ring (bicyclic) bond motifs is 1. The molecule has 2 unspecified atom stereocenters. The summed E-state index contributed by atoms with van der Waals surface area (Å²) in [6.45, 7) is 3.89. The summed E-state index contributed by atoms with van der Waals surface area (Å²) in [5, 5.41) is 6.37. The summed E-state index contributed by atoms with van der Waals surface area (Å²) < 4.78 is 16.5. The molecule has 6 rings (SSSR count). The van der Waals surface area contributed by atoms with E-state index in [4.69, 9.17) is 14.2 Å². The number of anilines is 1. The molecule has 1 aliphatic carbocycles. The van der Waals surface area contributed by atoms with Crippen LogP contribution in [0, 0.1) is 6.92 Å². The van der Waals surface area contributed by atoms with Crippen molar-refractivity contribution in [3.63, 3.8) is 0 Å². The zero-order valence-electron chi connectivity index (χ0n) is 22.0. The molecule has 39 heavy (non-hydrogen) atoms. The van der Waals surface area contributed by atoms with Gasteiger partial charge in [-0.1, -0.05) is 24.3 Å². The number of dihydropyridines is 1. The van der Waals surface area contributed by atoms with Crippen molar-refractivity contribution in [1.82, 2.24) is 10.3 Å². The van der Waals surface area contributed by atoms with Crippen LogP contribution in [0.15, 0.2) is 83.2 Å². The molecular formula is C31H29N3O5. The standard InChI is InChI=1S/C31H29N3O5/c1-17-5-4-6-27(32-17)34-31(36)28-18(2)33-23-13-21(19-7-10-22(37-3)11-8-19)14-24(35)30(23)29(28)20-9-12-25-26(15-20)39-16-38-25/h4-12,15,21,29,33H,13-14,16H2,1-3H3,(H,32,34,36). The number of methoxy groups -OCH3 is 1. The highest BCUT2D eigenvalue weighted by Crippen LogP contribution is 2.47. The lowest BCUT2D eigenvalue weighted by molar-refractivity contribution is -0.116. The second kappa shape index (κ2) is 9.94. The topological polar surface area (TPSA) is 98.8 Å². The Hall–Kier alpha value is -4.59. The van der Waals surface area contributed by atoms with E-state index < -0.39 is 5.92 Å². The van der Waals surface area contributed by atoms with E-state index in [2.05, 4.69) is 15.6 Å². The predicted octanol–water partition coefficient (Wildman–Crippen LogP) is 5.13. The van der Waals surface area contributed by atoms with Gasteiger partial charge in [0.1, 0.15) is 11.6 Å². The molecule has 1 aromatic heterocycles. The monoisotopic (exact) mass is 523 g/mol. The van der Waals surface area contributed by atoms with E-state index >= 15 is 0 Å². The fourth-order valence-corrected chi connectivity index (χ4v) is 5.67. The molecule has 8 nitrogen and oxygen atoms in total. The van der Waals surface area contributed by atoms with Crippen molar-refractivity contribution < 1.29 is 23.8 Å². The van der Waals surface area contributed by atoms with Crippen molar-refractivity contribution in [3.8, 4) is 17.2 Å². The largest absolute Gasteiger partial charge is 0.497 e. The van der Waals surface area contributed by atoms with Crippen LogP contribution in [0.4, 0.5) is 5.82 Å². The normalized spacial score (nSPS) is 19.9. The summed E-state index contributed by atoms with van der Waals surface area (Å²) in [4.78, 5) is 32.1. The zero-order chi connectivity index (χ0) is 27.1. The maximum atomic E-state index is 13.9. The first-order valence-electron chi connectivity index (χ1n) is 12.9. The number of allylic oxidation sites excluding steroid dienone is 3. The van der Waals surface area contributed by atoms with Gasteiger partial charge in [-0.15, -0.1) is 0 Å². The molecule has 2 N–H and O–H groups in total. The predicted molar refractivity (Wildman–Crippen MR) is 146 cm³/mol. The van der Waals surface area contributed by atoms with E-state index in [9.17, 15) is 9.59 Å². The molecule has 8 heteroatoms. The number of carbonyl (C=O) groups is 2. The number of rotatable bonds is 5. The number of ketones is 1. The van der Waals surface area contributed by atoms with Crippen molar-refractivity contribution >= 4 is 17.5 Å². The summed E-state index contributed by atoms with van der Waals surface area (Å²) in [7, 11) is 1.64. The van der Waals surface area contributed by atoms with Crippen LogP contribution in [0.2, 0.25) is 0 Å². The average molecular weight is 524 g/mol. The van der Waals surface area contributed by atoms with Crippen molar-refractivity contribution in [2.24, 2.45) is 0 Å². The number of nitrogens with zero attached hydrogens (tertiary/aromatic N) is 1. The Morgan fingerprint density at radius 1 is 1.00 bits per heavy atom. The van der Waals surface area contributed by atoms with E-state index in [1.165, 1.54) is 0 Å². The van der Waals surface area contributed by atoms with Crippen LogP contribution in [0.1, 0.15) is 48.4 Å². The Morgan fingerprint density at radius 3 is 2.54 bits per heavy atom. The molecule has 3 heterocycles. The molecule has 0 saturated heterocycles. The summed E-state index contributed by atoms with van der Waals surface area (Å²) in [5.74, 6) is 1.64. The number of carbonyl (C=O) groups excluding carboxylic acids is 2. The van der Waals surface area contributed by atoms with Crippen LogP contribution < -0.4 is 24.8 Å². The van der Waals surface area contributed by atoms with Crippen LogP contribution in [0.5, 0.6) is 17.2 Å². The fraction of sp³-hybridized carbons (Fsp3) is 0.258. The molecule has 1 amide bonds. The number of pyridine rings is 1. The van der Waals surface area contributed by atoms with Gasteiger partial charge in [0.25, 0.3) is 5.91 Å². The molecule has 2 aliphatic heterocycles. The third-order valence-electron chi connectivity index (χ3n) is 7.52. The minimum atomic E-state index is -0.565. The van der Waals surface area contributed by atoms with Gasteiger partial charge in [-0.25, -0.2) is 4.98 Å². The van der Waals surface area contributed by atoms with Crippen molar-refractivity contribution in [2.75, 3.05) is 19.2 Å². The Labute approximate surface area is 226 Å². The maximum absolute atomic E-state index is 13.9. The van der Waals surface area contributed by atoms with Crippen LogP contribution in [-0.4, -0.2) is 30.6 Å².